The Balaban J connectivity index is 2.00. The lowest BCUT2D eigenvalue weighted by Gasteiger charge is -2.25. The molecule has 1 N–H and O–H groups in total. The summed E-state index contributed by atoms with van der Waals surface area (Å²) in [6.45, 7) is 0. The Morgan fingerprint density at radius 1 is 1.24 bits per heavy atom. The molecule has 1 fully saturated rings. The van der Waals surface area contributed by atoms with Crippen LogP contribution in [0, 0.1) is 5.92 Å². The van der Waals surface area contributed by atoms with Crippen LogP contribution < -0.4 is 5.32 Å². The summed E-state index contributed by atoms with van der Waals surface area (Å²) in [6.07, 6.45) is 3.27. The fraction of sp³-hybridized carbons (Fsp3) is 0.500. The molecule has 0 saturated heterocycles. The van der Waals surface area contributed by atoms with Crippen LogP contribution in [0.2, 0.25) is 0 Å². The Hall–Kier alpha value is -1.35. The topological polar surface area (TPSA) is 32.3 Å². The van der Waals surface area contributed by atoms with Crippen molar-refractivity contribution in [3.05, 3.63) is 30.3 Å². The van der Waals surface area contributed by atoms with Crippen molar-refractivity contribution in [2.75, 3.05) is 19.4 Å². The minimum absolute atomic E-state index is 0.130. The molecule has 1 amide bonds. The molecule has 0 aliphatic heterocycles. The Morgan fingerprint density at radius 2 is 1.94 bits per heavy atom. The highest BCUT2D eigenvalue weighted by atomic mass is 16.1. The molecular weight excluding hydrogens is 212 g/mol. The summed E-state index contributed by atoms with van der Waals surface area (Å²) >= 11 is 0. The van der Waals surface area contributed by atoms with E-state index in [1.54, 1.807) is 0 Å². The van der Waals surface area contributed by atoms with E-state index in [4.69, 9.17) is 0 Å². The number of hydrogen-bond donors (Lipinski definition) is 1. The largest absolute Gasteiger partial charge is 0.326 e. The molecule has 0 heterocycles. The average molecular weight is 232 g/mol. The number of anilines is 1. The summed E-state index contributed by atoms with van der Waals surface area (Å²) < 4.78 is 0. The van der Waals surface area contributed by atoms with Crippen molar-refractivity contribution in [1.82, 2.24) is 4.90 Å². The van der Waals surface area contributed by atoms with E-state index in [-0.39, 0.29) is 11.8 Å². The first-order valence-electron chi connectivity index (χ1n) is 6.21. The number of nitrogens with zero attached hydrogens (tertiary/aromatic N) is 1. The molecule has 1 aromatic carbocycles. The zero-order valence-electron chi connectivity index (χ0n) is 10.5. The normalized spacial score (nSPS) is 23.9. The van der Waals surface area contributed by atoms with Gasteiger partial charge < -0.3 is 10.2 Å². The summed E-state index contributed by atoms with van der Waals surface area (Å²) in [4.78, 5) is 14.4. The maximum Gasteiger partial charge on any atom is 0.229 e. The van der Waals surface area contributed by atoms with Crippen LogP contribution in [0.15, 0.2) is 30.3 Å². The van der Waals surface area contributed by atoms with Crippen LogP contribution in [0.4, 0.5) is 5.69 Å². The van der Waals surface area contributed by atoms with E-state index in [2.05, 4.69) is 24.3 Å². The first-order chi connectivity index (χ1) is 8.18. The Labute approximate surface area is 103 Å². The molecule has 2 unspecified atom stereocenters. The Kier molecular flexibility index (Phi) is 3.79. The fourth-order valence-corrected chi connectivity index (χ4v) is 2.62. The highest BCUT2D eigenvalue weighted by molar-refractivity contribution is 5.93. The number of carbonyl (C=O) groups is 1. The van der Waals surface area contributed by atoms with Crippen LogP contribution in [0.5, 0.6) is 0 Å². The molecule has 0 bridgehead atoms. The lowest BCUT2D eigenvalue weighted by atomic mass is 10.0. The number of benzene rings is 1. The minimum Gasteiger partial charge on any atom is -0.326 e. The molecule has 1 saturated carbocycles. The smallest absolute Gasteiger partial charge is 0.229 e. The first kappa shape index (κ1) is 12.1. The van der Waals surface area contributed by atoms with Crippen molar-refractivity contribution >= 4 is 11.6 Å². The predicted octanol–water partition coefficient (Wildman–Crippen LogP) is 2.36. The summed E-state index contributed by atoms with van der Waals surface area (Å²) in [7, 11) is 4.11. The van der Waals surface area contributed by atoms with E-state index in [1.165, 1.54) is 0 Å². The Morgan fingerprint density at radius 3 is 2.59 bits per heavy atom. The van der Waals surface area contributed by atoms with Gasteiger partial charge in [-0.1, -0.05) is 24.6 Å². The van der Waals surface area contributed by atoms with Crippen molar-refractivity contribution < 1.29 is 4.79 Å². The second-order valence-corrected chi connectivity index (χ2v) is 4.92. The third kappa shape index (κ3) is 2.86. The molecule has 17 heavy (non-hydrogen) atoms. The minimum atomic E-state index is 0.130. The van der Waals surface area contributed by atoms with Gasteiger partial charge in [0.2, 0.25) is 5.91 Å². The molecule has 1 aliphatic rings. The van der Waals surface area contributed by atoms with Crippen LogP contribution in [0.25, 0.3) is 0 Å². The first-order valence-corrected chi connectivity index (χ1v) is 6.21. The van der Waals surface area contributed by atoms with Gasteiger partial charge in [-0.3, -0.25) is 4.79 Å². The third-order valence-electron chi connectivity index (χ3n) is 3.52. The fourth-order valence-electron chi connectivity index (χ4n) is 2.62. The van der Waals surface area contributed by atoms with Gasteiger partial charge in [0.05, 0.1) is 5.92 Å². The molecule has 3 heteroatoms. The number of amides is 1. The number of rotatable bonds is 3. The van der Waals surface area contributed by atoms with Crippen molar-refractivity contribution in [2.45, 2.75) is 25.3 Å². The summed E-state index contributed by atoms with van der Waals surface area (Å²) in [5, 5.41) is 3.00. The zero-order valence-corrected chi connectivity index (χ0v) is 10.5. The second-order valence-electron chi connectivity index (χ2n) is 4.92. The van der Waals surface area contributed by atoms with E-state index in [9.17, 15) is 4.79 Å². The van der Waals surface area contributed by atoms with Gasteiger partial charge in [0.25, 0.3) is 0 Å². The second kappa shape index (κ2) is 5.32. The summed E-state index contributed by atoms with van der Waals surface area (Å²) in [5.41, 5.74) is 0.891. The van der Waals surface area contributed by atoms with Crippen LogP contribution in [0.3, 0.4) is 0 Å². The predicted molar refractivity (Wildman–Crippen MR) is 69.9 cm³/mol. The van der Waals surface area contributed by atoms with Gasteiger partial charge in [0.15, 0.2) is 0 Å². The van der Waals surface area contributed by atoms with Gasteiger partial charge in [-0.2, -0.15) is 0 Å². The van der Waals surface area contributed by atoms with E-state index in [0.717, 1.165) is 24.9 Å². The molecule has 1 aromatic rings. The summed E-state index contributed by atoms with van der Waals surface area (Å²) in [5.74, 6) is 0.289. The van der Waals surface area contributed by atoms with E-state index >= 15 is 0 Å². The molecule has 92 valence electrons. The molecule has 0 aromatic heterocycles. The van der Waals surface area contributed by atoms with E-state index < -0.39 is 0 Å². The summed E-state index contributed by atoms with van der Waals surface area (Å²) in [6, 6.07) is 10.1. The van der Waals surface area contributed by atoms with Gasteiger partial charge in [-0.05, 0) is 39.1 Å². The maximum atomic E-state index is 12.2. The van der Waals surface area contributed by atoms with Crippen molar-refractivity contribution in [2.24, 2.45) is 5.92 Å². The monoisotopic (exact) mass is 232 g/mol. The SMILES string of the molecule is CN(C)C1CCCC1C(=O)Nc1ccccc1. The van der Waals surface area contributed by atoms with Gasteiger partial charge >= 0.3 is 0 Å². The number of nitrogens with one attached hydrogen (secondary N) is 1. The van der Waals surface area contributed by atoms with Crippen LogP contribution in [-0.4, -0.2) is 30.9 Å². The van der Waals surface area contributed by atoms with Crippen molar-refractivity contribution in [3.63, 3.8) is 0 Å². The quantitative estimate of drug-likeness (QED) is 0.867. The molecule has 1 aliphatic carbocycles. The van der Waals surface area contributed by atoms with Gasteiger partial charge in [0, 0.05) is 11.7 Å². The molecule has 0 spiro atoms. The lowest BCUT2D eigenvalue weighted by Crippen LogP contribution is -2.37. The van der Waals surface area contributed by atoms with Gasteiger partial charge in [0.1, 0.15) is 0 Å². The Bertz CT molecular complexity index is 375. The van der Waals surface area contributed by atoms with Crippen molar-refractivity contribution in [3.8, 4) is 0 Å². The standard InChI is InChI=1S/C14H20N2O/c1-16(2)13-10-6-9-12(13)14(17)15-11-7-4-3-5-8-11/h3-5,7-8,12-13H,6,9-10H2,1-2H3,(H,15,17). The van der Waals surface area contributed by atoms with Crippen LogP contribution in [-0.2, 0) is 4.79 Å². The number of para-hydroxylation sites is 1. The van der Waals surface area contributed by atoms with Gasteiger partial charge in [-0.25, -0.2) is 0 Å². The highest BCUT2D eigenvalue weighted by Crippen LogP contribution is 2.29. The van der Waals surface area contributed by atoms with E-state index in [0.29, 0.717) is 6.04 Å². The van der Waals surface area contributed by atoms with E-state index in [1.807, 2.05) is 30.3 Å². The van der Waals surface area contributed by atoms with Crippen LogP contribution in [0.1, 0.15) is 19.3 Å². The highest BCUT2D eigenvalue weighted by Gasteiger charge is 2.34. The lowest BCUT2D eigenvalue weighted by molar-refractivity contribution is -0.121. The molecule has 2 atom stereocenters. The molecule has 3 nitrogen and oxygen atoms in total. The number of carbonyl (C=O) groups excluding carboxylic acids is 1. The van der Waals surface area contributed by atoms with Gasteiger partial charge in [-0.15, -0.1) is 0 Å². The van der Waals surface area contributed by atoms with Crippen LogP contribution >= 0.6 is 0 Å². The molecule has 0 radical (unpaired) electrons. The maximum absolute atomic E-state index is 12.2. The number of hydrogen-bond acceptors (Lipinski definition) is 2. The molecule has 2 rings (SSSR count). The van der Waals surface area contributed by atoms with Crippen molar-refractivity contribution in [1.29, 1.82) is 0 Å². The third-order valence-corrected chi connectivity index (χ3v) is 3.52. The zero-order chi connectivity index (χ0) is 12.3. The molecular formula is C14H20N2O. The average Bonchev–Trinajstić information content (AvgIpc) is 2.79.